The Hall–Kier alpha value is -1.42. The predicted octanol–water partition coefficient (Wildman–Crippen LogP) is 0.938. The number of amides is 1. The normalized spacial score (nSPS) is 17.0. The third kappa shape index (κ3) is 3.07. The van der Waals surface area contributed by atoms with E-state index in [1.165, 1.54) is 5.56 Å². The Morgan fingerprint density at radius 2 is 2.17 bits per heavy atom. The summed E-state index contributed by atoms with van der Waals surface area (Å²) in [6.45, 7) is 4.76. The first-order valence-electron chi connectivity index (χ1n) is 6.53. The lowest BCUT2D eigenvalue weighted by Crippen LogP contribution is -2.50. The highest BCUT2D eigenvalue weighted by atomic mass is 16.2. The van der Waals surface area contributed by atoms with Crippen molar-refractivity contribution in [1.29, 1.82) is 0 Å². The van der Waals surface area contributed by atoms with Gasteiger partial charge < -0.3 is 10.2 Å². The van der Waals surface area contributed by atoms with Crippen LogP contribution in [0.1, 0.15) is 12.5 Å². The highest BCUT2D eigenvalue weighted by molar-refractivity contribution is 5.78. The van der Waals surface area contributed by atoms with Crippen molar-refractivity contribution in [2.24, 2.45) is 11.8 Å². The molecule has 1 amide bonds. The van der Waals surface area contributed by atoms with Crippen LogP contribution in [0.3, 0.4) is 0 Å². The van der Waals surface area contributed by atoms with Gasteiger partial charge in [0.05, 0.1) is 0 Å². The van der Waals surface area contributed by atoms with E-state index >= 15 is 0 Å². The van der Waals surface area contributed by atoms with Crippen molar-refractivity contribution in [3.63, 3.8) is 0 Å². The minimum atomic E-state index is 0.133. The first kappa shape index (κ1) is 13.0. The van der Waals surface area contributed by atoms with E-state index in [1.54, 1.807) is 12.4 Å². The van der Waals surface area contributed by atoms with Crippen LogP contribution in [0.25, 0.3) is 0 Å². The number of hydrogen-bond donors (Lipinski definition) is 1. The quantitative estimate of drug-likeness (QED) is 0.842. The van der Waals surface area contributed by atoms with Gasteiger partial charge in [-0.05, 0) is 43.1 Å². The second-order valence-corrected chi connectivity index (χ2v) is 5.07. The molecule has 0 bridgehead atoms. The lowest BCUT2D eigenvalue weighted by molar-refractivity contribution is -0.136. The van der Waals surface area contributed by atoms with Crippen LogP contribution in [0.4, 0.5) is 0 Å². The first-order chi connectivity index (χ1) is 8.68. The average molecular weight is 247 g/mol. The fraction of sp³-hybridized carbons (Fsp3) is 0.571. The SMILES string of the molecule is CC(C(=O)N(C)CCc1ccncc1)C1CNC1. The molecule has 18 heavy (non-hydrogen) atoms. The number of nitrogens with zero attached hydrogens (tertiary/aromatic N) is 2. The van der Waals surface area contributed by atoms with Crippen molar-refractivity contribution in [2.45, 2.75) is 13.3 Å². The number of carbonyl (C=O) groups is 1. The van der Waals surface area contributed by atoms with Crippen LogP contribution in [-0.2, 0) is 11.2 Å². The maximum absolute atomic E-state index is 12.2. The van der Waals surface area contributed by atoms with Crippen LogP contribution in [0, 0.1) is 11.8 Å². The zero-order valence-electron chi connectivity index (χ0n) is 11.1. The molecule has 1 unspecified atom stereocenters. The summed E-state index contributed by atoms with van der Waals surface area (Å²) in [6.07, 6.45) is 4.47. The van der Waals surface area contributed by atoms with Crippen molar-refractivity contribution in [1.82, 2.24) is 15.2 Å². The molecule has 2 heterocycles. The molecule has 1 atom stereocenters. The number of carbonyl (C=O) groups excluding carboxylic acids is 1. The fourth-order valence-corrected chi connectivity index (χ4v) is 2.17. The van der Waals surface area contributed by atoms with Gasteiger partial charge in [0.2, 0.25) is 5.91 Å². The average Bonchev–Trinajstić information content (AvgIpc) is 2.34. The molecule has 1 fully saturated rings. The van der Waals surface area contributed by atoms with E-state index in [0.29, 0.717) is 5.92 Å². The monoisotopic (exact) mass is 247 g/mol. The van der Waals surface area contributed by atoms with Crippen LogP contribution < -0.4 is 5.32 Å². The summed E-state index contributed by atoms with van der Waals surface area (Å²) < 4.78 is 0. The molecule has 0 aromatic carbocycles. The Morgan fingerprint density at radius 3 is 2.72 bits per heavy atom. The van der Waals surface area contributed by atoms with Gasteiger partial charge in [0.25, 0.3) is 0 Å². The summed E-state index contributed by atoms with van der Waals surface area (Å²) in [6, 6.07) is 4.00. The molecule has 4 heteroatoms. The molecule has 1 aromatic rings. The molecule has 4 nitrogen and oxygen atoms in total. The summed E-state index contributed by atoms with van der Waals surface area (Å²) >= 11 is 0. The molecule has 0 spiro atoms. The van der Waals surface area contributed by atoms with Gasteiger partial charge in [-0.3, -0.25) is 9.78 Å². The molecule has 98 valence electrons. The van der Waals surface area contributed by atoms with Gasteiger partial charge in [-0.15, -0.1) is 0 Å². The maximum atomic E-state index is 12.2. The predicted molar refractivity (Wildman–Crippen MR) is 71.1 cm³/mol. The molecule has 0 radical (unpaired) electrons. The molecule has 0 saturated carbocycles. The number of nitrogens with one attached hydrogen (secondary N) is 1. The topological polar surface area (TPSA) is 45.2 Å². The smallest absolute Gasteiger partial charge is 0.225 e. The van der Waals surface area contributed by atoms with E-state index in [1.807, 2.05) is 31.0 Å². The Kier molecular flexibility index (Phi) is 4.31. The molecule has 1 N–H and O–H groups in total. The van der Waals surface area contributed by atoms with Crippen molar-refractivity contribution in [3.05, 3.63) is 30.1 Å². The highest BCUT2D eigenvalue weighted by Crippen LogP contribution is 2.18. The Balaban J connectivity index is 1.80. The standard InChI is InChI=1S/C14H21N3O/c1-11(13-9-16-10-13)14(18)17(2)8-5-12-3-6-15-7-4-12/h3-4,6-7,11,13,16H,5,8-10H2,1-2H3. The van der Waals surface area contributed by atoms with Gasteiger partial charge in [0, 0.05) is 31.9 Å². The van der Waals surface area contributed by atoms with Gasteiger partial charge in [0.15, 0.2) is 0 Å². The fourth-order valence-electron chi connectivity index (χ4n) is 2.17. The highest BCUT2D eigenvalue weighted by Gasteiger charge is 2.30. The van der Waals surface area contributed by atoms with Crippen LogP contribution in [0.2, 0.25) is 0 Å². The number of rotatable bonds is 5. The number of pyridine rings is 1. The molecule has 1 aliphatic rings. The van der Waals surface area contributed by atoms with Crippen molar-refractivity contribution in [3.8, 4) is 0 Å². The van der Waals surface area contributed by atoms with Crippen molar-refractivity contribution in [2.75, 3.05) is 26.7 Å². The van der Waals surface area contributed by atoms with Crippen LogP contribution in [-0.4, -0.2) is 42.5 Å². The maximum Gasteiger partial charge on any atom is 0.225 e. The third-order valence-corrected chi connectivity index (χ3v) is 3.77. The van der Waals surface area contributed by atoms with Gasteiger partial charge in [-0.2, -0.15) is 0 Å². The van der Waals surface area contributed by atoms with E-state index in [2.05, 4.69) is 10.3 Å². The van der Waals surface area contributed by atoms with Gasteiger partial charge in [-0.25, -0.2) is 0 Å². The molecule has 1 saturated heterocycles. The zero-order valence-corrected chi connectivity index (χ0v) is 11.1. The van der Waals surface area contributed by atoms with E-state index in [9.17, 15) is 4.79 Å². The molecule has 1 aromatic heterocycles. The summed E-state index contributed by atoms with van der Waals surface area (Å²) in [5, 5.41) is 3.22. The molecular formula is C14H21N3O. The van der Waals surface area contributed by atoms with Crippen molar-refractivity contribution >= 4 is 5.91 Å². The Bertz CT molecular complexity index is 389. The van der Waals surface area contributed by atoms with E-state index in [0.717, 1.165) is 26.1 Å². The molecule has 0 aliphatic carbocycles. The Morgan fingerprint density at radius 1 is 1.50 bits per heavy atom. The first-order valence-corrected chi connectivity index (χ1v) is 6.53. The van der Waals surface area contributed by atoms with Gasteiger partial charge in [-0.1, -0.05) is 6.92 Å². The summed E-state index contributed by atoms with van der Waals surface area (Å²) in [5.74, 6) is 0.908. The number of aromatic nitrogens is 1. The second kappa shape index (κ2) is 5.96. The van der Waals surface area contributed by atoms with E-state index in [-0.39, 0.29) is 11.8 Å². The molecule has 1 aliphatic heterocycles. The van der Waals surface area contributed by atoms with E-state index in [4.69, 9.17) is 0 Å². The molecule has 2 rings (SSSR count). The molecular weight excluding hydrogens is 226 g/mol. The van der Waals surface area contributed by atoms with Gasteiger partial charge in [0.1, 0.15) is 0 Å². The van der Waals surface area contributed by atoms with Crippen LogP contribution in [0.5, 0.6) is 0 Å². The van der Waals surface area contributed by atoms with E-state index < -0.39 is 0 Å². The third-order valence-electron chi connectivity index (χ3n) is 3.77. The lowest BCUT2D eigenvalue weighted by atomic mass is 9.88. The minimum absolute atomic E-state index is 0.133. The summed E-state index contributed by atoms with van der Waals surface area (Å²) in [5.41, 5.74) is 1.22. The van der Waals surface area contributed by atoms with Crippen LogP contribution in [0.15, 0.2) is 24.5 Å². The largest absolute Gasteiger partial charge is 0.345 e. The summed E-state index contributed by atoms with van der Waals surface area (Å²) in [7, 11) is 1.89. The second-order valence-electron chi connectivity index (χ2n) is 5.07. The Labute approximate surface area is 108 Å². The lowest BCUT2D eigenvalue weighted by Gasteiger charge is -2.34. The van der Waals surface area contributed by atoms with Crippen molar-refractivity contribution < 1.29 is 4.79 Å². The van der Waals surface area contributed by atoms with Gasteiger partial charge >= 0.3 is 0 Å². The van der Waals surface area contributed by atoms with Crippen LogP contribution >= 0.6 is 0 Å². The number of likely N-dealkylation sites (N-methyl/N-ethyl adjacent to an activating group) is 1. The summed E-state index contributed by atoms with van der Waals surface area (Å²) in [4.78, 5) is 18.0. The number of hydrogen-bond acceptors (Lipinski definition) is 3. The zero-order chi connectivity index (χ0) is 13.0. The minimum Gasteiger partial charge on any atom is -0.345 e.